The molecule has 3 N–H and O–H groups in total. The van der Waals surface area contributed by atoms with Crippen LogP contribution in [-0.2, 0) is 17.4 Å². The predicted octanol–water partition coefficient (Wildman–Crippen LogP) is 6.23. The molecular weight excluding hydrogens is 493 g/mol. The summed E-state index contributed by atoms with van der Waals surface area (Å²) in [6.07, 6.45) is -9.33. The predicted molar refractivity (Wildman–Crippen MR) is 117 cm³/mol. The first-order valence-electron chi connectivity index (χ1n) is 10.6. The summed E-state index contributed by atoms with van der Waals surface area (Å²) in [5.41, 5.74) is 5.88. The first kappa shape index (κ1) is 27.0. The molecule has 36 heavy (non-hydrogen) atoms. The van der Waals surface area contributed by atoms with Crippen molar-refractivity contribution >= 4 is 5.91 Å². The van der Waals surface area contributed by atoms with Gasteiger partial charge in [0.2, 0.25) is 5.91 Å². The zero-order chi connectivity index (χ0) is 26.5. The fourth-order valence-corrected chi connectivity index (χ4v) is 3.65. The minimum absolute atomic E-state index is 0.124. The summed E-state index contributed by atoms with van der Waals surface area (Å²) >= 11 is 0. The number of ether oxygens (including phenoxy) is 1. The van der Waals surface area contributed by atoms with Crippen LogP contribution in [0.25, 0.3) is 0 Å². The van der Waals surface area contributed by atoms with E-state index in [0.29, 0.717) is 11.1 Å². The maximum absolute atomic E-state index is 14.0. The van der Waals surface area contributed by atoms with E-state index in [1.165, 1.54) is 18.2 Å². The summed E-state index contributed by atoms with van der Waals surface area (Å²) in [4.78, 5) is 12.2. The fourth-order valence-electron chi connectivity index (χ4n) is 3.65. The average molecular weight is 514 g/mol. The highest BCUT2D eigenvalue weighted by molar-refractivity contribution is 5.81. The van der Waals surface area contributed by atoms with Crippen LogP contribution in [0.2, 0.25) is 0 Å². The zero-order valence-electron chi connectivity index (χ0n) is 18.5. The summed E-state index contributed by atoms with van der Waals surface area (Å²) in [7, 11) is 0. The van der Waals surface area contributed by atoms with E-state index in [2.05, 4.69) is 10.1 Å². The van der Waals surface area contributed by atoms with Crippen molar-refractivity contribution in [1.82, 2.24) is 5.32 Å². The van der Waals surface area contributed by atoms with Crippen LogP contribution in [-0.4, -0.2) is 12.3 Å². The molecule has 192 valence electrons. The molecule has 0 saturated heterocycles. The molecule has 0 heterocycles. The first-order chi connectivity index (χ1) is 16.8. The van der Waals surface area contributed by atoms with Gasteiger partial charge < -0.3 is 10.5 Å². The van der Waals surface area contributed by atoms with Gasteiger partial charge in [-0.15, -0.1) is 13.2 Å². The number of carbonyl (C=O) groups excluding carboxylic acids is 1. The third-order valence-corrected chi connectivity index (χ3v) is 5.37. The van der Waals surface area contributed by atoms with Crippen molar-refractivity contribution in [2.24, 2.45) is 5.73 Å². The van der Waals surface area contributed by atoms with Gasteiger partial charge in [0.1, 0.15) is 6.04 Å². The molecule has 3 aromatic carbocycles. The van der Waals surface area contributed by atoms with Crippen LogP contribution in [0.15, 0.2) is 72.8 Å². The highest BCUT2D eigenvalue weighted by Crippen LogP contribution is 2.32. The van der Waals surface area contributed by atoms with Crippen molar-refractivity contribution in [3.63, 3.8) is 0 Å². The van der Waals surface area contributed by atoms with Gasteiger partial charge in [0.25, 0.3) is 0 Å². The molecule has 0 bridgehead atoms. The van der Waals surface area contributed by atoms with Gasteiger partial charge in [-0.25, -0.2) is 4.39 Å². The van der Waals surface area contributed by atoms with Crippen molar-refractivity contribution in [3.05, 3.63) is 101 Å². The number of halogens is 7. The molecular formula is C25H21F7N2O2. The van der Waals surface area contributed by atoms with Crippen LogP contribution < -0.4 is 15.8 Å². The van der Waals surface area contributed by atoms with E-state index in [4.69, 9.17) is 5.73 Å². The number of alkyl halides is 6. The number of primary amides is 1. The van der Waals surface area contributed by atoms with E-state index in [1.807, 2.05) is 0 Å². The number of hydrogen-bond acceptors (Lipinski definition) is 3. The van der Waals surface area contributed by atoms with E-state index in [-0.39, 0.29) is 18.4 Å². The highest BCUT2D eigenvalue weighted by Gasteiger charge is 2.33. The van der Waals surface area contributed by atoms with Gasteiger partial charge in [-0.2, -0.15) is 13.2 Å². The second-order valence-electron chi connectivity index (χ2n) is 7.94. The summed E-state index contributed by atoms with van der Waals surface area (Å²) in [6, 6.07) is 13.7. The molecule has 0 aromatic heterocycles. The lowest BCUT2D eigenvalue weighted by Gasteiger charge is -2.25. The molecule has 0 spiro atoms. The number of aryl methyl sites for hydroxylation is 1. The number of nitrogens with one attached hydrogen (secondary N) is 1. The molecule has 11 heteroatoms. The molecule has 4 nitrogen and oxygen atoms in total. The molecule has 0 aliphatic carbocycles. The standard InChI is InChI=1S/C25H21F7N2O2/c26-19-12-9-17(14-21(19)36-25(30,31)32)20(34-22(23(33)35)16-4-2-1-3-5-16)13-8-15-6-10-18(11-7-15)24(27,28)29/h1-7,9-12,14,20,22,34H,8,13H2,(H2,33,35). The largest absolute Gasteiger partial charge is 0.573 e. The average Bonchev–Trinajstić information content (AvgIpc) is 2.80. The number of rotatable bonds is 9. The maximum Gasteiger partial charge on any atom is 0.573 e. The lowest BCUT2D eigenvalue weighted by molar-refractivity contribution is -0.275. The lowest BCUT2D eigenvalue weighted by atomic mass is 9.95. The van der Waals surface area contributed by atoms with Crippen LogP contribution in [0, 0.1) is 5.82 Å². The smallest absolute Gasteiger partial charge is 0.403 e. The Hall–Kier alpha value is -3.60. The van der Waals surface area contributed by atoms with E-state index in [9.17, 15) is 35.5 Å². The molecule has 0 fully saturated rings. The number of carbonyl (C=O) groups is 1. The van der Waals surface area contributed by atoms with Gasteiger partial charge in [0, 0.05) is 6.04 Å². The molecule has 0 saturated carbocycles. The number of amides is 1. The Morgan fingerprint density at radius 1 is 0.889 bits per heavy atom. The second kappa shape index (κ2) is 11.0. The number of hydrogen-bond donors (Lipinski definition) is 2. The molecule has 0 aliphatic heterocycles. The van der Waals surface area contributed by atoms with E-state index >= 15 is 0 Å². The normalized spacial score (nSPS) is 13.8. The molecule has 2 atom stereocenters. The third-order valence-electron chi connectivity index (χ3n) is 5.37. The van der Waals surface area contributed by atoms with Gasteiger partial charge >= 0.3 is 12.5 Å². The van der Waals surface area contributed by atoms with Crippen molar-refractivity contribution in [2.45, 2.75) is 37.5 Å². The number of nitrogens with two attached hydrogens (primary N) is 1. The fraction of sp³-hybridized carbons (Fsp3) is 0.240. The Kier molecular flexibility index (Phi) is 8.24. The molecule has 1 amide bonds. The van der Waals surface area contributed by atoms with Gasteiger partial charge in [0.05, 0.1) is 5.56 Å². The van der Waals surface area contributed by atoms with Crippen molar-refractivity contribution in [1.29, 1.82) is 0 Å². The SMILES string of the molecule is NC(=O)C(NC(CCc1ccc(C(F)(F)F)cc1)c1ccc(F)c(OC(F)(F)F)c1)c1ccccc1. The monoisotopic (exact) mass is 514 g/mol. The van der Waals surface area contributed by atoms with Crippen LogP contribution in [0.1, 0.15) is 40.8 Å². The zero-order valence-corrected chi connectivity index (χ0v) is 18.5. The van der Waals surface area contributed by atoms with Crippen molar-refractivity contribution in [2.75, 3.05) is 0 Å². The van der Waals surface area contributed by atoms with Crippen LogP contribution in [0.3, 0.4) is 0 Å². The highest BCUT2D eigenvalue weighted by atomic mass is 19.4. The van der Waals surface area contributed by atoms with Gasteiger partial charge in [-0.3, -0.25) is 10.1 Å². The quantitative estimate of drug-likeness (QED) is 0.333. The van der Waals surface area contributed by atoms with E-state index in [0.717, 1.165) is 24.3 Å². The topological polar surface area (TPSA) is 64.4 Å². The van der Waals surface area contributed by atoms with E-state index < -0.39 is 47.7 Å². The number of benzene rings is 3. The third kappa shape index (κ3) is 7.45. The van der Waals surface area contributed by atoms with Crippen molar-refractivity contribution < 1.29 is 40.3 Å². The first-order valence-corrected chi connectivity index (χ1v) is 10.6. The molecule has 3 rings (SSSR count). The minimum atomic E-state index is -5.14. The summed E-state index contributed by atoms with van der Waals surface area (Å²) in [5, 5.41) is 2.99. The minimum Gasteiger partial charge on any atom is -0.403 e. The Morgan fingerprint density at radius 2 is 1.53 bits per heavy atom. The Labute approximate surface area is 201 Å². The molecule has 3 aromatic rings. The maximum atomic E-state index is 14.0. The van der Waals surface area contributed by atoms with Gasteiger partial charge in [0.15, 0.2) is 11.6 Å². The van der Waals surface area contributed by atoms with Crippen LogP contribution in [0.4, 0.5) is 30.7 Å². The lowest BCUT2D eigenvalue weighted by Crippen LogP contribution is -2.36. The summed E-state index contributed by atoms with van der Waals surface area (Å²) < 4.78 is 94.5. The van der Waals surface area contributed by atoms with E-state index in [1.54, 1.807) is 30.3 Å². The van der Waals surface area contributed by atoms with Crippen LogP contribution >= 0.6 is 0 Å². The van der Waals surface area contributed by atoms with Crippen LogP contribution in [0.5, 0.6) is 5.75 Å². The van der Waals surface area contributed by atoms with Gasteiger partial charge in [-0.1, -0.05) is 48.5 Å². The summed E-state index contributed by atoms with van der Waals surface area (Å²) in [5.74, 6) is -3.07. The summed E-state index contributed by atoms with van der Waals surface area (Å²) in [6.45, 7) is 0. The Balaban J connectivity index is 1.92. The molecule has 0 aliphatic rings. The molecule has 0 radical (unpaired) electrons. The Bertz CT molecular complexity index is 1160. The van der Waals surface area contributed by atoms with Gasteiger partial charge in [-0.05, 0) is 53.8 Å². The Morgan fingerprint density at radius 3 is 2.08 bits per heavy atom. The van der Waals surface area contributed by atoms with Crippen molar-refractivity contribution in [3.8, 4) is 5.75 Å². The molecule has 2 unspecified atom stereocenters. The second-order valence-corrected chi connectivity index (χ2v) is 7.94.